The average Bonchev–Trinajstić information content (AvgIpc) is 3.15. The van der Waals surface area contributed by atoms with E-state index in [1.165, 1.54) is 4.90 Å². The largest absolute Gasteiger partial charge is 0.444 e. The number of hydrogen-bond donors (Lipinski definition) is 0. The van der Waals surface area contributed by atoms with Crippen molar-refractivity contribution in [3.63, 3.8) is 0 Å². The van der Waals surface area contributed by atoms with Crippen LogP contribution in [-0.2, 0) is 4.74 Å². The highest BCUT2D eigenvalue weighted by Crippen LogP contribution is 2.63. The van der Waals surface area contributed by atoms with E-state index in [0.29, 0.717) is 28.9 Å². The first-order chi connectivity index (χ1) is 12.8. The van der Waals surface area contributed by atoms with Gasteiger partial charge in [0.1, 0.15) is 5.60 Å². The van der Waals surface area contributed by atoms with Crippen LogP contribution in [0.3, 0.4) is 0 Å². The number of nitrogens with zero attached hydrogens (tertiary/aromatic N) is 2. The highest BCUT2D eigenvalue weighted by molar-refractivity contribution is 6.21. The van der Waals surface area contributed by atoms with Crippen molar-refractivity contribution in [3.05, 3.63) is 35.4 Å². The van der Waals surface area contributed by atoms with Gasteiger partial charge in [0, 0.05) is 6.04 Å². The van der Waals surface area contributed by atoms with Crippen LogP contribution in [0.5, 0.6) is 0 Å². The molecule has 6 nitrogen and oxygen atoms in total. The molecule has 27 heavy (non-hydrogen) atoms. The zero-order valence-electron chi connectivity index (χ0n) is 15.8. The van der Waals surface area contributed by atoms with Crippen molar-refractivity contribution in [2.24, 2.45) is 17.8 Å². The van der Waals surface area contributed by atoms with E-state index in [9.17, 15) is 14.4 Å². The number of benzene rings is 1. The summed E-state index contributed by atoms with van der Waals surface area (Å²) in [6.45, 7) is 5.84. The number of carbonyl (C=O) groups excluding carboxylic acids is 3. The third-order valence-electron chi connectivity index (χ3n) is 6.51. The Kier molecular flexibility index (Phi) is 3.31. The van der Waals surface area contributed by atoms with Crippen LogP contribution in [0, 0.1) is 17.8 Å². The van der Waals surface area contributed by atoms with Crippen LogP contribution in [0.2, 0.25) is 0 Å². The Labute approximate surface area is 158 Å². The standard InChI is InChI=1S/C21H24N2O4/c1-21(2,3)27-20(26)23-16-9-15(13-8-14(13)16)17(23)10-22-18(24)11-6-4-5-7-12(11)19(22)25/h4-7,13-17H,8-10H2,1-3H3/t13-,14+,15?,16?,17+/m1/s1. The molecule has 2 aliphatic carbocycles. The quantitative estimate of drug-likeness (QED) is 0.753. The maximum absolute atomic E-state index is 12.9. The van der Waals surface area contributed by atoms with Crippen LogP contribution >= 0.6 is 0 Å². The van der Waals surface area contributed by atoms with Gasteiger partial charge in [0.15, 0.2) is 0 Å². The summed E-state index contributed by atoms with van der Waals surface area (Å²) in [5, 5.41) is 0. The number of fused-ring (bicyclic) bond motifs is 6. The molecule has 0 radical (unpaired) electrons. The number of amides is 3. The molecule has 1 aromatic rings. The second-order valence-corrected chi connectivity index (χ2v) is 9.25. The van der Waals surface area contributed by atoms with E-state index >= 15 is 0 Å². The summed E-state index contributed by atoms with van der Waals surface area (Å²) in [5.74, 6) is 1.05. The molecule has 0 spiro atoms. The monoisotopic (exact) mass is 368 g/mol. The molecule has 2 unspecified atom stereocenters. The van der Waals surface area contributed by atoms with Gasteiger partial charge in [-0.25, -0.2) is 4.79 Å². The fourth-order valence-corrected chi connectivity index (χ4v) is 5.41. The van der Waals surface area contributed by atoms with Gasteiger partial charge in [0.05, 0.1) is 23.7 Å². The highest BCUT2D eigenvalue weighted by Gasteiger charge is 2.66. The molecule has 2 aliphatic heterocycles. The van der Waals surface area contributed by atoms with Crippen LogP contribution in [0.4, 0.5) is 4.79 Å². The molecule has 3 amide bonds. The van der Waals surface area contributed by atoms with Crippen LogP contribution in [0.15, 0.2) is 24.3 Å². The van der Waals surface area contributed by atoms with Gasteiger partial charge in [0.25, 0.3) is 11.8 Å². The minimum Gasteiger partial charge on any atom is -0.444 e. The van der Waals surface area contributed by atoms with E-state index in [2.05, 4.69) is 0 Å². The van der Waals surface area contributed by atoms with Crippen molar-refractivity contribution < 1.29 is 19.1 Å². The Balaban J connectivity index is 1.41. The van der Waals surface area contributed by atoms with Crippen LogP contribution in [-0.4, -0.2) is 51.9 Å². The number of ether oxygens (including phenoxy) is 1. The van der Waals surface area contributed by atoms with Gasteiger partial charge in [-0.3, -0.25) is 19.4 Å². The van der Waals surface area contributed by atoms with Gasteiger partial charge in [-0.2, -0.15) is 0 Å². The highest BCUT2D eigenvalue weighted by atomic mass is 16.6. The predicted molar refractivity (Wildman–Crippen MR) is 97.2 cm³/mol. The molecule has 2 saturated carbocycles. The van der Waals surface area contributed by atoms with Gasteiger partial charge >= 0.3 is 6.09 Å². The Bertz CT molecular complexity index is 823. The number of hydrogen-bond acceptors (Lipinski definition) is 4. The number of likely N-dealkylation sites (tertiary alicyclic amines) is 1. The first kappa shape index (κ1) is 16.8. The number of carbonyl (C=O) groups is 3. The molecular formula is C21H24N2O4. The average molecular weight is 368 g/mol. The van der Waals surface area contributed by atoms with Crippen LogP contribution < -0.4 is 0 Å². The molecule has 5 atom stereocenters. The van der Waals surface area contributed by atoms with Gasteiger partial charge < -0.3 is 4.74 Å². The van der Waals surface area contributed by atoms with Gasteiger partial charge in [0.2, 0.25) is 0 Å². The topological polar surface area (TPSA) is 66.9 Å². The first-order valence-corrected chi connectivity index (χ1v) is 9.73. The van der Waals surface area contributed by atoms with Crippen LogP contribution in [0.25, 0.3) is 0 Å². The maximum Gasteiger partial charge on any atom is 0.410 e. The SMILES string of the molecule is CC(C)(C)OC(=O)N1C2CC([C@@H]3C[C@H]23)[C@@H]1CN1C(=O)c2ccccc2C1=O. The zero-order valence-corrected chi connectivity index (χ0v) is 15.8. The zero-order chi connectivity index (χ0) is 19.1. The second kappa shape index (κ2) is 5.33. The third-order valence-corrected chi connectivity index (χ3v) is 6.51. The minimum atomic E-state index is -0.568. The summed E-state index contributed by atoms with van der Waals surface area (Å²) in [6.07, 6.45) is 1.79. The molecule has 0 N–H and O–H groups in total. The Morgan fingerprint density at radius 3 is 2.26 bits per heavy atom. The summed E-state index contributed by atoms with van der Waals surface area (Å²) < 4.78 is 5.65. The van der Waals surface area contributed by atoms with Crippen LogP contribution in [0.1, 0.15) is 54.3 Å². The first-order valence-electron chi connectivity index (χ1n) is 9.73. The molecule has 4 aliphatic rings. The number of piperidine rings is 1. The fraction of sp³-hybridized carbons (Fsp3) is 0.571. The predicted octanol–water partition coefficient (Wildman–Crippen LogP) is 2.93. The van der Waals surface area contributed by atoms with Gasteiger partial charge in [-0.05, 0) is 63.5 Å². The molecule has 6 heteroatoms. The van der Waals surface area contributed by atoms with Crippen molar-refractivity contribution in [2.45, 2.75) is 51.3 Å². The minimum absolute atomic E-state index is 0.143. The lowest BCUT2D eigenvalue weighted by molar-refractivity contribution is 0.00185. The molecule has 1 aromatic carbocycles. The molecule has 2 bridgehead atoms. The van der Waals surface area contributed by atoms with Gasteiger partial charge in [-0.1, -0.05) is 12.1 Å². The summed E-state index contributed by atoms with van der Waals surface area (Å²) in [5.41, 5.74) is 0.347. The lowest BCUT2D eigenvalue weighted by Gasteiger charge is -2.37. The fourth-order valence-electron chi connectivity index (χ4n) is 5.41. The lowest BCUT2D eigenvalue weighted by atomic mass is 9.96. The number of imide groups is 1. The second-order valence-electron chi connectivity index (χ2n) is 9.25. The van der Waals surface area contributed by atoms with E-state index in [4.69, 9.17) is 4.74 Å². The van der Waals surface area contributed by atoms with E-state index in [1.807, 2.05) is 25.7 Å². The molecule has 3 fully saturated rings. The van der Waals surface area contributed by atoms with E-state index < -0.39 is 5.60 Å². The molecule has 1 saturated heterocycles. The van der Waals surface area contributed by atoms with Crippen molar-refractivity contribution in [3.8, 4) is 0 Å². The summed E-state index contributed by atoms with van der Waals surface area (Å²) >= 11 is 0. The normalized spacial score (nSPS) is 33.4. The lowest BCUT2D eigenvalue weighted by Crippen LogP contribution is -2.53. The third kappa shape index (κ3) is 2.42. The molecule has 142 valence electrons. The molecule has 5 rings (SSSR count). The van der Waals surface area contributed by atoms with Crippen molar-refractivity contribution in [1.82, 2.24) is 9.80 Å². The maximum atomic E-state index is 12.9. The Morgan fingerprint density at radius 2 is 1.67 bits per heavy atom. The summed E-state index contributed by atoms with van der Waals surface area (Å²) in [4.78, 5) is 41.6. The van der Waals surface area contributed by atoms with E-state index in [-0.39, 0.29) is 36.5 Å². The Hall–Kier alpha value is -2.37. The van der Waals surface area contributed by atoms with Crippen molar-refractivity contribution >= 4 is 17.9 Å². The Morgan fingerprint density at radius 1 is 1.04 bits per heavy atom. The molecule has 0 aromatic heterocycles. The van der Waals surface area contributed by atoms with Gasteiger partial charge in [-0.15, -0.1) is 0 Å². The van der Waals surface area contributed by atoms with E-state index in [0.717, 1.165) is 12.8 Å². The molecular weight excluding hydrogens is 344 g/mol. The summed E-state index contributed by atoms with van der Waals surface area (Å²) in [7, 11) is 0. The molecule has 2 heterocycles. The summed E-state index contributed by atoms with van der Waals surface area (Å²) in [6, 6.07) is 6.98. The van der Waals surface area contributed by atoms with E-state index in [1.54, 1.807) is 24.3 Å². The smallest absolute Gasteiger partial charge is 0.410 e. The number of rotatable bonds is 2. The van der Waals surface area contributed by atoms with Crippen molar-refractivity contribution in [2.75, 3.05) is 6.54 Å². The van der Waals surface area contributed by atoms with Crippen molar-refractivity contribution in [1.29, 1.82) is 0 Å².